The number of anilines is 1. The molecule has 0 aliphatic carbocycles. The SMILES string of the molecule is COC(=O)c1cc(CNc2ccc(Br)c(I)c2)c[nH]1. The molecule has 0 aliphatic rings. The molecule has 100 valence electrons. The number of rotatable bonds is 4. The zero-order valence-electron chi connectivity index (χ0n) is 10.2. The summed E-state index contributed by atoms with van der Waals surface area (Å²) in [4.78, 5) is 14.2. The van der Waals surface area contributed by atoms with Crippen molar-refractivity contribution in [3.63, 3.8) is 0 Å². The van der Waals surface area contributed by atoms with Crippen LogP contribution in [0.2, 0.25) is 0 Å². The molecule has 0 atom stereocenters. The van der Waals surface area contributed by atoms with E-state index >= 15 is 0 Å². The summed E-state index contributed by atoms with van der Waals surface area (Å²) >= 11 is 5.73. The van der Waals surface area contributed by atoms with E-state index in [0.717, 1.165) is 19.3 Å². The molecule has 0 bridgehead atoms. The van der Waals surface area contributed by atoms with Crippen LogP contribution >= 0.6 is 38.5 Å². The fourth-order valence-electron chi connectivity index (χ4n) is 1.58. The van der Waals surface area contributed by atoms with Crippen LogP contribution in [0, 0.1) is 3.57 Å². The molecule has 2 rings (SSSR count). The highest BCUT2D eigenvalue weighted by Gasteiger charge is 2.08. The number of hydrogen-bond acceptors (Lipinski definition) is 3. The highest BCUT2D eigenvalue weighted by atomic mass is 127. The predicted octanol–water partition coefficient (Wildman–Crippen LogP) is 3.78. The largest absolute Gasteiger partial charge is 0.464 e. The summed E-state index contributed by atoms with van der Waals surface area (Å²) in [5, 5.41) is 3.30. The molecule has 1 aromatic carbocycles. The molecule has 0 amide bonds. The van der Waals surface area contributed by atoms with E-state index in [1.165, 1.54) is 7.11 Å². The van der Waals surface area contributed by atoms with Crippen LogP contribution in [0.3, 0.4) is 0 Å². The van der Waals surface area contributed by atoms with Gasteiger partial charge in [-0.05, 0) is 68.3 Å². The fourth-order valence-corrected chi connectivity index (χ4v) is 2.34. The number of methoxy groups -OCH3 is 1. The Bertz CT molecular complexity index is 598. The van der Waals surface area contributed by atoms with E-state index < -0.39 is 0 Å². The molecule has 0 unspecified atom stereocenters. The first-order valence-electron chi connectivity index (χ1n) is 5.54. The Hall–Kier alpha value is -1.02. The van der Waals surface area contributed by atoms with Gasteiger partial charge >= 0.3 is 5.97 Å². The Balaban J connectivity index is 2.00. The van der Waals surface area contributed by atoms with Crippen LogP contribution in [0.5, 0.6) is 0 Å². The summed E-state index contributed by atoms with van der Waals surface area (Å²) in [6.07, 6.45) is 1.79. The molecular weight excluding hydrogens is 423 g/mol. The Labute approximate surface area is 133 Å². The summed E-state index contributed by atoms with van der Waals surface area (Å²) in [5.41, 5.74) is 2.50. The number of nitrogens with one attached hydrogen (secondary N) is 2. The lowest BCUT2D eigenvalue weighted by atomic mass is 10.2. The molecule has 2 aromatic rings. The molecule has 2 N–H and O–H groups in total. The van der Waals surface area contributed by atoms with Crippen molar-refractivity contribution in [2.24, 2.45) is 0 Å². The smallest absolute Gasteiger partial charge is 0.354 e. The number of ether oxygens (including phenoxy) is 1. The maximum absolute atomic E-state index is 11.3. The quantitative estimate of drug-likeness (QED) is 0.568. The summed E-state index contributed by atoms with van der Waals surface area (Å²) < 4.78 is 6.87. The summed E-state index contributed by atoms with van der Waals surface area (Å²) in [6, 6.07) is 7.84. The van der Waals surface area contributed by atoms with Gasteiger partial charge in [-0.3, -0.25) is 0 Å². The van der Waals surface area contributed by atoms with Crippen molar-refractivity contribution in [2.45, 2.75) is 6.54 Å². The Kier molecular flexibility index (Phi) is 4.87. The second-order valence-electron chi connectivity index (χ2n) is 3.90. The maximum atomic E-state index is 11.3. The van der Waals surface area contributed by atoms with Crippen LogP contribution in [0.15, 0.2) is 34.9 Å². The number of carbonyl (C=O) groups excluding carboxylic acids is 1. The molecule has 4 nitrogen and oxygen atoms in total. The third kappa shape index (κ3) is 3.73. The first-order valence-corrected chi connectivity index (χ1v) is 7.42. The average molecular weight is 435 g/mol. The van der Waals surface area contributed by atoms with Gasteiger partial charge in [0.1, 0.15) is 5.69 Å². The third-order valence-corrected chi connectivity index (χ3v) is 4.89. The van der Waals surface area contributed by atoms with Gasteiger partial charge in [-0.25, -0.2) is 4.79 Å². The molecule has 6 heteroatoms. The fraction of sp³-hybridized carbons (Fsp3) is 0.154. The summed E-state index contributed by atoms with van der Waals surface area (Å²) in [7, 11) is 1.37. The lowest BCUT2D eigenvalue weighted by Gasteiger charge is -2.06. The van der Waals surface area contributed by atoms with Gasteiger partial charge in [0, 0.05) is 26.5 Å². The van der Waals surface area contributed by atoms with Gasteiger partial charge in [-0.1, -0.05) is 0 Å². The molecule has 19 heavy (non-hydrogen) atoms. The highest BCUT2D eigenvalue weighted by Crippen LogP contribution is 2.23. The first kappa shape index (κ1) is 14.4. The minimum absolute atomic E-state index is 0.357. The van der Waals surface area contributed by atoms with E-state index in [2.05, 4.69) is 59.6 Å². The number of halogens is 2. The van der Waals surface area contributed by atoms with Crippen molar-refractivity contribution in [3.8, 4) is 0 Å². The minimum Gasteiger partial charge on any atom is -0.464 e. The van der Waals surface area contributed by atoms with Crippen molar-refractivity contribution < 1.29 is 9.53 Å². The Morgan fingerprint density at radius 2 is 2.26 bits per heavy atom. The van der Waals surface area contributed by atoms with Gasteiger partial charge in [0.15, 0.2) is 0 Å². The van der Waals surface area contributed by atoms with Gasteiger partial charge in [-0.2, -0.15) is 0 Å². The number of H-pyrrole nitrogens is 1. The molecule has 0 aliphatic heterocycles. The van der Waals surface area contributed by atoms with Crippen molar-refractivity contribution in [1.82, 2.24) is 4.98 Å². The second-order valence-corrected chi connectivity index (χ2v) is 5.91. The topological polar surface area (TPSA) is 54.1 Å². The van der Waals surface area contributed by atoms with E-state index in [1.807, 2.05) is 12.1 Å². The standard InChI is InChI=1S/C13H12BrIN2O2/c1-19-13(18)12-4-8(7-17-12)6-16-9-2-3-10(14)11(15)5-9/h2-5,7,16-17H,6H2,1H3. The molecular formula is C13H12BrIN2O2. The molecule has 1 aromatic heterocycles. The van der Waals surface area contributed by atoms with E-state index in [-0.39, 0.29) is 5.97 Å². The summed E-state index contributed by atoms with van der Waals surface area (Å²) in [5.74, 6) is -0.357. The van der Waals surface area contributed by atoms with E-state index in [4.69, 9.17) is 0 Å². The maximum Gasteiger partial charge on any atom is 0.354 e. The van der Waals surface area contributed by atoms with Gasteiger partial charge in [-0.15, -0.1) is 0 Å². The van der Waals surface area contributed by atoms with Crippen molar-refractivity contribution in [1.29, 1.82) is 0 Å². The van der Waals surface area contributed by atoms with Gasteiger partial charge in [0.2, 0.25) is 0 Å². The van der Waals surface area contributed by atoms with Crippen LogP contribution in [-0.4, -0.2) is 18.1 Å². The number of esters is 1. The summed E-state index contributed by atoms with van der Waals surface area (Å²) in [6.45, 7) is 0.644. The normalized spacial score (nSPS) is 10.3. The molecule has 1 heterocycles. The van der Waals surface area contributed by atoms with E-state index in [0.29, 0.717) is 12.2 Å². The lowest BCUT2D eigenvalue weighted by molar-refractivity contribution is 0.0595. The zero-order chi connectivity index (χ0) is 13.8. The van der Waals surface area contributed by atoms with Crippen LogP contribution < -0.4 is 5.32 Å². The van der Waals surface area contributed by atoms with Crippen LogP contribution in [0.4, 0.5) is 5.69 Å². The van der Waals surface area contributed by atoms with Gasteiger partial charge in [0.25, 0.3) is 0 Å². The predicted molar refractivity (Wildman–Crippen MR) is 86.3 cm³/mol. The first-order chi connectivity index (χ1) is 9.10. The molecule has 0 fully saturated rings. The highest BCUT2D eigenvalue weighted by molar-refractivity contribution is 14.1. The van der Waals surface area contributed by atoms with Crippen molar-refractivity contribution >= 4 is 50.2 Å². The molecule has 0 spiro atoms. The minimum atomic E-state index is -0.357. The molecule has 0 radical (unpaired) electrons. The number of benzene rings is 1. The Morgan fingerprint density at radius 3 is 2.95 bits per heavy atom. The monoisotopic (exact) mass is 434 g/mol. The number of aromatic amines is 1. The average Bonchev–Trinajstić information content (AvgIpc) is 2.88. The van der Waals surface area contributed by atoms with Gasteiger partial charge < -0.3 is 15.0 Å². The third-order valence-electron chi connectivity index (χ3n) is 2.56. The number of carbonyl (C=O) groups is 1. The second kappa shape index (κ2) is 6.42. The Morgan fingerprint density at radius 1 is 1.47 bits per heavy atom. The van der Waals surface area contributed by atoms with Crippen LogP contribution in [0.25, 0.3) is 0 Å². The molecule has 0 saturated heterocycles. The van der Waals surface area contributed by atoms with E-state index in [9.17, 15) is 4.79 Å². The lowest BCUT2D eigenvalue weighted by Crippen LogP contribution is -2.01. The van der Waals surface area contributed by atoms with Gasteiger partial charge in [0.05, 0.1) is 7.11 Å². The van der Waals surface area contributed by atoms with Crippen LogP contribution in [0.1, 0.15) is 16.1 Å². The number of hydrogen-bond donors (Lipinski definition) is 2. The van der Waals surface area contributed by atoms with Crippen LogP contribution in [-0.2, 0) is 11.3 Å². The van der Waals surface area contributed by atoms with E-state index in [1.54, 1.807) is 12.3 Å². The van der Waals surface area contributed by atoms with Crippen molar-refractivity contribution in [3.05, 3.63) is 49.8 Å². The molecule has 0 saturated carbocycles. The zero-order valence-corrected chi connectivity index (χ0v) is 13.9. The number of aromatic nitrogens is 1. The van der Waals surface area contributed by atoms with Crippen molar-refractivity contribution in [2.75, 3.05) is 12.4 Å².